The monoisotopic (exact) mass is 581 g/mol. The minimum Gasteiger partial charge on any atom is -0.493 e. The molecule has 0 bridgehead atoms. The fraction of sp³-hybridized carbons (Fsp3) is 0.355. The minimum atomic E-state index is -4.19. The molecule has 0 saturated heterocycles. The number of hydrogen-bond donors (Lipinski definition) is 1. The number of carbonyl (C=O) groups excluding carboxylic acids is 2. The van der Waals surface area contributed by atoms with Gasteiger partial charge in [0.2, 0.25) is 11.8 Å². The van der Waals surface area contributed by atoms with Crippen LogP contribution in [-0.4, -0.2) is 58.5 Å². The second-order valence-electron chi connectivity index (χ2n) is 9.69. The van der Waals surface area contributed by atoms with E-state index in [0.717, 1.165) is 28.3 Å². The number of rotatable bonds is 14. The molecule has 0 aliphatic rings. The predicted octanol–water partition coefficient (Wildman–Crippen LogP) is 4.54. The van der Waals surface area contributed by atoms with Crippen LogP contribution in [0.25, 0.3) is 0 Å². The molecule has 2 amide bonds. The number of amides is 2. The number of benzene rings is 3. The first-order chi connectivity index (χ1) is 19.6. The lowest BCUT2D eigenvalue weighted by molar-refractivity contribution is -0.139. The Kier molecular flexibility index (Phi) is 11.2. The van der Waals surface area contributed by atoms with Gasteiger partial charge in [-0.25, -0.2) is 8.42 Å². The number of carbonyl (C=O) groups is 2. The Bertz CT molecular complexity index is 1410. The first-order valence-electron chi connectivity index (χ1n) is 13.5. The molecule has 41 heavy (non-hydrogen) atoms. The van der Waals surface area contributed by atoms with Crippen LogP contribution in [0.5, 0.6) is 11.5 Å². The van der Waals surface area contributed by atoms with Crippen LogP contribution in [0.1, 0.15) is 37.8 Å². The molecule has 3 rings (SSSR count). The van der Waals surface area contributed by atoms with Crippen molar-refractivity contribution < 1.29 is 27.5 Å². The maximum absolute atomic E-state index is 14.0. The van der Waals surface area contributed by atoms with Gasteiger partial charge < -0.3 is 19.7 Å². The molecule has 1 atom stereocenters. The zero-order valence-corrected chi connectivity index (χ0v) is 25.1. The molecule has 0 aromatic heterocycles. The summed E-state index contributed by atoms with van der Waals surface area (Å²) in [5.41, 5.74) is 1.93. The summed E-state index contributed by atoms with van der Waals surface area (Å²) < 4.78 is 39.8. The smallest absolute Gasteiger partial charge is 0.264 e. The molecule has 0 fully saturated rings. The van der Waals surface area contributed by atoms with Crippen molar-refractivity contribution in [3.8, 4) is 11.5 Å². The minimum absolute atomic E-state index is 0.0330. The van der Waals surface area contributed by atoms with E-state index in [0.29, 0.717) is 18.0 Å². The first kappa shape index (κ1) is 31.5. The molecule has 10 heteroatoms. The van der Waals surface area contributed by atoms with Gasteiger partial charge in [-0.2, -0.15) is 0 Å². The van der Waals surface area contributed by atoms with Crippen molar-refractivity contribution in [2.24, 2.45) is 0 Å². The fourth-order valence-corrected chi connectivity index (χ4v) is 5.65. The maximum Gasteiger partial charge on any atom is 0.264 e. The van der Waals surface area contributed by atoms with E-state index in [2.05, 4.69) is 5.32 Å². The van der Waals surface area contributed by atoms with Crippen LogP contribution in [-0.2, 0) is 26.2 Å². The highest BCUT2D eigenvalue weighted by Gasteiger charge is 2.33. The van der Waals surface area contributed by atoms with Crippen molar-refractivity contribution in [2.45, 2.75) is 51.1 Å². The summed E-state index contributed by atoms with van der Waals surface area (Å²) in [6, 6.07) is 19.5. The van der Waals surface area contributed by atoms with Crippen LogP contribution in [0.3, 0.4) is 0 Å². The quantitative estimate of drug-likeness (QED) is 0.280. The standard InChI is InChI=1S/C31H39N3O6S/c1-6-7-19-32-31(36)24(3)33(21-25-11-9-8-10-12-25)30(35)22-34(26-15-18-28(39-4)29(20-26)40-5)41(37,38)27-16-13-23(2)14-17-27/h8-18,20,24H,6-7,19,21-22H2,1-5H3,(H,32,36). The summed E-state index contributed by atoms with van der Waals surface area (Å²) in [6.45, 7) is 5.62. The second kappa shape index (κ2) is 14.5. The highest BCUT2D eigenvalue weighted by molar-refractivity contribution is 7.92. The van der Waals surface area contributed by atoms with E-state index in [9.17, 15) is 18.0 Å². The van der Waals surface area contributed by atoms with Crippen molar-refractivity contribution in [3.05, 3.63) is 83.9 Å². The van der Waals surface area contributed by atoms with Gasteiger partial charge in [0.05, 0.1) is 24.8 Å². The van der Waals surface area contributed by atoms with Gasteiger partial charge in [0.1, 0.15) is 12.6 Å². The molecular formula is C31H39N3O6S. The van der Waals surface area contributed by atoms with E-state index < -0.39 is 28.5 Å². The third-order valence-corrected chi connectivity index (χ3v) is 8.52. The van der Waals surface area contributed by atoms with Crippen LogP contribution >= 0.6 is 0 Å². The lowest BCUT2D eigenvalue weighted by Crippen LogP contribution is -2.51. The molecule has 0 aliphatic carbocycles. The van der Waals surface area contributed by atoms with Gasteiger partial charge in [0, 0.05) is 19.2 Å². The van der Waals surface area contributed by atoms with Crippen LogP contribution in [0.2, 0.25) is 0 Å². The largest absolute Gasteiger partial charge is 0.493 e. The molecule has 3 aromatic rings. The van der Waals surface area contributed by atoms with Gasteiger partial charge in [-0.05, 0) is 50.1 Å². The number of anilines is 1. The van der Waals surface area contributed by atoms with Crippen molar-refractivity contribution in [1.82, 2.24) is 10.2 Å². The first-order valence-corrected chi connectivity index (χ1v) is 15.0. The van der Waals surface area contributed by atoms with E-state index in [1.807, 2.05) is 44.2 Å². The summed E-state index contributed by atoms with van der Waals surface area (Å²) >= 11 is 0. The van der Waals surface area contributed by atoms with Crippen molar-refractivity contribution in [3.63, 3.8) is 0 Å². The topological polar surface area (TPSA) is 105 Å². The number of sulfonamides is 1. The summed E-state index contributed by atoms with van der Waals surface area (Å²) in [5.74, 6) is -0.107. The predicted molar refractivity (Wildman–Crippen MR) is 160 cm³/mol. The number of unbranched alkanes of at least 4 members (excludes halogenated alkanes) is 1. The molecule has 220 valence electrons. The van der Waals surface area contributed by atoms with E-state index in [1.54, 1.807) is 31.2 Å². The van der Waals surface area contributed by atoms with Crippen molar-refractivity contribution in [2.75, 3.05) is 31.6 Å². The lowest BCUT2D eigenvalue weighted by Gasteiger charge is -2.32. The SMILES string of the molecule is CCCCNC(=O)C(C)N(Cc1ccccc1)C(=O)CN(c1ccc(OC)c(OC)c1)S(=O)(=O)c1ccc(C)cc1. The van der Waals surface area contributed by atoms with Crippen LogP contribution in [0.4, 0.5) is 5.69 Å². The molecule has 0 aliphatic heterocycles. The second-order valence-corrected chi connectivity index (χ2v) is 11.6. The average molecular weight is 582 g/mol. The zero-order valence-electron chi connectivity index (χ0n) is 24.3. The van der Waals surface area contributed by atoms with Crippen LogP contribution in [0.15, 0.2) is 77.7 Å². The van der Waals surface area contributed by atoms with E-state index >= 15 is 0 Å². The number of ether oxygens (including phenoxy) is 2. The van der Waals surface area contributed by atoms with Crippen molar-refractivity contribution >= 4 is 27.5 Å². The fourth-order valence-electron chi connectivity index (χ4n) is 4.25. The van der Waals surface area contributed by atoms with Crippen LogP contribution in [0, 0.1) is 6.92 Å². The van der Waals surface area contributed by atoms with E-state index in [1.165, 1.54) is 37.3 Å². The maximum atomic E-state index is 14.0. The molecule has 0 radical (unpaired) electrons. The lowest BCUT2D eigenvalue weighted by atomic mass is 10.1. The van der Waals surface area contributed by atoms with Crippen molar-refractivity contribution in [1.29, 1.82) is 0 Å². The molecule has 1 N–H and O–H groups in total. The zero-order chi connectivity index (χ0) is 30.0. The molecule has 0 spiro atoms. The Hall–Kier alpha value is -4.05. The highest BCUT2D eigenvalue weighted by atomic mass is 32.2. The Morgan fingerprint density at radius 3 is 2.20 bits per heavy atom. The van der Waals surface area contributed by atoms with E-state index in [4.69, 9.17) is 9.47 Å². The van der Waals surface area contributed by atoms with Gasteiger partial charge >= 0.3 is 0 Å². The molecular weight excluding hydrogens is 542 g/mol. The highest BCUT2D eigenvalue weighted by Crippen LogP contribution is 2.34. The molecule has 3 aromatic carbocycles. The average Bonchev–Trinajstić information content (AvgIpc) is 2.98. The van der Waals surface area contributed by atoms with Gasteiger partial charge in [-0.3, -0.25) is 13.9 Å². The summed E-state index contributed by atoms with van der Waals surface area (Å²) in [6.07, 6.45) is 1.73. The third-order valence-electron chi connectivity index (χ3n) is 6.74. The number of nitrogens with zero attached hydrogens (tertiary/aromatic N) is 2. The van der Waals surface area contributed by atoms with E-state index in [-0.39, 0.29) is 23.0 Å². The Morgan fingerprint density at radius 1 is 0.927 bits per heavy atom. The Balaban J connectivity index is 2.05. The van der Waals surface area contributed by atoms with Gasteiger partial charge in [0.25, 0.3) is 10.0 Å². The number of nitrogens with one attached hydrogen (secondary N) is 1. The third kappa shape index (κ3) is 8.00. The molecule has 1 unspecified atom stereocenters. The Labute approximate surface area is 243 Å². The normalized spacial score (nSPS) is 11.8. The molecule has 0 saturated carbocycles. The summed E-state index contributed by atoms with van der Waals surface area (Å²) in [5, 5.41) is 2.88. The van der Waals surface area contributed by atoms with Gasteiger partial charge in [-0.15, -0.1) is 0 Å². The summed E-state index contributed by atoms with van der Waals surface area (Å²) in [7, 11) is -1.26. The summed E-state index contributed by atoms with van der Waals surface area (Å²) in [4.78, 5) is 28.5. The Morgan fingerprint density at radius 2 is 1.59 bits per heavy atom. The number of aryl methyl sites for hydroxylation is 1. The van der Waals surface area contributed by atoms with Crippen LogP contribution < -0.4 is 19.1 Å². The number of hydrogen-bond acceptors (Lipinski definition) is 6. The molecule has 0 heterocycles. The van der Waals surface area contributed by atoms with Gasteiger partial charge in [-0.1, -0.05) is 61.4 Å². The van der Waals surface area contributed by atoms with Gasteiger partial charge in [0.15, 0.2) is 11.5 Å². The molecule has 9 nitrogen and oxygen atoms in total. The number of methoxy groups -OCH3 is 2.